The second-order valence-electron chi connectivity index (χ2n) is 5.65. The highest BCUT2D eigenvalue weighted by atomic mass is 35.5. The van der Waals surface area contributed by atoms with Gasteiger partial charge in [-0.25, -0.2) is 0 Å². The number of hydrogen-bond donors (Lipinski definition) is 1. The highest BCUT2D eigenvalue weighted by molar-refractivity contribution is 6.30. The lowest BCUT2D eigenvalue weighted by Gasteiger charge is -2.24. The summed E-state index contributed by atoms with van der Waals surface area (Å²) in [5.41, 5.74) is 1.33. The third-order valence-electron chi connectivity index (χ3n) is 3.91. The van der Waals surface area contributed by atoms with Crippen LogP contribution >= 0.6 is 11.6 Å². The van der Waals surface area contributed by atoms with Gasteiger partial charge in [0, 0.05) is 11.1 Å². The van der Waals surface area contributed by atoms with E-state index in [2.05, 4.69) is 24.4 Å². The van der Waals surface area contributed by atoms with Gasteiger partial charge in [-0.05, 0) is 56.3 Å². The molecule has 2 rings (SSSR count). The molecular weight excluding hydrogens is 242 g/mol. The van der Waals surface area contributed by atoms with Crippen LogP contribution in [0.3, 0.4) is 0 Å². The van der Waals surface area contributed by atoms with Crippen molar-refractivity contribution in [1.82, 2.24) is 5.32 Å². The van der Waals surface area contributed by atoms with Crippen LogP contribution in [0.15, 0.2) is 24.3 Å². The molecule has 1 N–H and O–H groups in total. The van der Waals surface area contributed by atoms with Crippen molar-refractivity contribution in [1.29, 1.82) is 0 Å². The number of nitrogens with one attached hydrogen (secondary N) is 1. The maximum absolute atomic E-state index is 6.01. The van der Waals surface area contributed by atoms with Crippen LogP contribution in [-0.4, -0.2) is 12.6 Å². The zero-order valence-electron chi connectivity index (χ0n) is 11.3. The normalized spacial score (nSPS) is 18.8. The van der Waals surface area contributed by atoms with Crippen molar-refractivity contribution in [3.05, 3.63) is 34.9 Å². The first-order valence-electron chi connectivity index (χ1n) is 7.22. The van der Waals surface area contributed by atoms with Gasteiger partial charge in [0.2, 0.25) is 0 Å². The van der Waals surface area contributed by atoms with Crippen molar-refractivity contribution in [2.24, 2.45) is 5.92 Å². The third kappa shape index (κ3) is 4.62. The van der Waals surface area contributed by atoms with E-state index in [0.29, 0.717) is 6.04 Å². The first kappa shape index (κ1) is 13.9. The molecule has 0 aromatic heterocycles. The van der Waals surface area contributed by atoms with Gasteiger partial charge in [-0.1, -0.05) is 43.0 Å². The summed E-state index contributed by atoms with van der Waals surface area (Å²) in [7, 11) is 0. The molecule has 0 spiro atoms. The van der Waals surface area contributed by atoms with Crippen LogP contribution in [0.1, 0.15) is 44.6 Å². The Balaban J connectivity index is 1.72. The molecule has 1 aromatic carbocycles. The molecule has 1 atom stereocenters. The Morgan fingerprint density at radius 1 is 1.28 bits per heavy atom. The summed E-state index contributed by atoms with van der Waals surface area (Å²) in [6, 6.07) is 8.73. The van der Waals surface area contributed by atoms with E-state index in [9.17, 15) is 0 Å². The van der Waals surface area contributed by atoms with E-state index in [1.165, 1.54) is 44.2 Å². The lowest BCUT2D eigenvalue weighted by molar-refractivity contribution is 0.330. The fraction of sp³-hybridized carbons (Fsp3) is 0.625. The monoisotopic (exact) mass is 265 g/mol. The zero-order chi connectivity index (χ0) is 12.8. The number of rotatable bonds is 5. The summed E-state index contributed by atoms with van der Waals surface area (Å²) >= 11 is 6.01. The van der Waals surface area contributed by atoms with Gasteiger partial charge in [-0.2, -0.15) is 0 Å². The molecule has 1 unspecified atom stereocenters. The Hall–Kier alpha value is -0.530. The summed E-state index contributed by atoms with van der Waals surface area (Å²) in [6.45, 7) is 3.45. The average Bonchev–Trinajstić information content (AvgIpc) is 2.38. The molecule has 0 amide bonds. The number of benzene rings is 1. The molecule has 1 aliphatic carbocycles. The van der Waals surface area contributed by atoms with E-state index in [-0.39, 0.29) is 0 Å². The molecular formula is C16H24ClN. The van der Waals surface area contributed by atoms with Crippen LogP contribution in [0.4, 0.5) is 0 Å². The van der Waals surface area contributed by atoms with E-state index in [1.54, 1.807) is 0 Å². The molecule has 1 saturated carbocycles. The van der Waals surface area contributed by atoms with Gasteiger partial charge in [-0.15, -0.1) is 0 Å². The van der Waals surface area contributed by atoms with Gasteiger partial charge in [0.1, 0.15) is 0 Å². The summed E-state index contributed by atoms with van der Waals surface area (Å²) in [4.78, 5) is 0. The molecule has 0 saturated heterocycles. The Kier molecular flexibility index (Phi) is 5.52. The SMILES string of the molecule is CC(Cc1cccc(Cl)c1)NCC1CCCCC1. The van der Waals surface area contributed by atoms with Crippen LogP contribution in [0.2, 0.25) is 5.02 Å². The lowest BCUT2D eigenvalue weighted by Crippen LogP contribution is -2.33. The Morgan fingerprint density at radius 2 is 2.06 bits per heavy atom. The van der Waals surface area contributed by atoms with E-state index in [1.807, 2.05) is 12.1 Å². The maximum atomic E-state index is 6.01. The van der Waals surface area contributed by atoms with Crippen molar-refractivity contribution >= 4 is 11.6 Å². The smallest absolute Gasteiger partial charge is 0.0408 e. The van der Waals surface area contributed by atoms with Crippen LogP contribution in [-0.2, 0) is 6.42 Å². The molecule has 2 heteroatoms. The summed E-state index contributed by atoms with van der Waals surface area (Å²) in [5, 5.41) is 4.52. The highest BCUT2D eigenvalue weighted by Crippen LogP contribution is 2.23. The van der Waals surface area contributed by atoms with E-state index in [4.69, 9.17) is 11.6 Å². The minimum Gasteiger partial charge on any atom is -0.314 e. The molecule has 1 aromatic rings. The van der Waals surface area contributed by atoms with Gasteiger partial charge in [-0.3, -0.25) is 0 Å². The second kappa shape index (κ2) is 7.16. The Morgan fingerprint density at radius 3 is 2.78 bits per heavy atom. The molecule has 1 nitrogen and oxygen atoms in total. The third-order valence-corrected chi connectivity index (χ3v) is 4.15. The van der Waals surface area contributed by atoms with Crippen molar-refractivity contribution in [3.63, 3.8) is 0 Å². The predicted octanol–water partition coefficient (Wildman–Crippen LogP) is 4.44. The van der Waals surface area contributed by atoms with E-state index < -0.39 is 0 Å². The molecule has 100 valence electrons. The molecule has 18 heavy (non-hydrogen) atoms. The van der Waals surface area contributed by atoms with Gasteiger partial charge in [0.05, 0.1) is 0 Å². The Labute approximate surface area is 116 Å². The second-order valence-corrected chi connectivity index (χ2v) is 6.08. The molecule has 0 bridgehead atoms. The van der Waals surface area contributed by atoms with E-state index >= 15 is 0 Å². The number of hydrogen-bond acceptors (Lipinski definition) is 1. The summed E-state index contributed by atoms with van der Waals surface area (Å²) in [6.07, 6.45) is 8.18. The topological polar surface area (TPSA) is 12.0 Å². The Bertz CT molecular complexity index is 358. The molecule has 0 heterocycles. The van der Waals surface area contributed by atoms with Crippen molar-refractivity contribution < 1.29 is 0 Å². The highest BCUT2D eigenvalue weighted by Gasteiger charge is 2.14. The van der Waals surface area contributed by atoms with Crippen LogP contribution in [0.25, 0.3) is 0 Å². The summed E-state index contributed by atoms with van der Waals surface area (Å²) < 4.78 is 0. The quantitative estimate of drug-likeness (QED) is 0.830. The predicted molar refractivity (Wildman–Crippen MR) is 79.2 cm³/mol. The molecule has 1 aliphatic rings. The standard InChI is InChI=1S/C16H24ClN/c1-13(10-15-8-5-9-16(17)11-15)18-12-14-6-3-2-4-7-14/h5,8-9,11,13-14,18H,2-4,6-7,10,12H2,1H3. The molecule has 0 aliphatic heterocycles. The average molecular weight is 266 g/mol. The van der Waals surface area contributed by atoms with Gasteiger partial charge in [0.15, 0.2) is 0 Å². The summed E-state index contributed by atoms with van der Waals surface area (Å²) in [5.74, 6) is 0.903. The first-order valence-corrected chi connectivity index (χ1v) is 7.59. The first-order chi connectivity index (χ1) is 8.74. The lowest BCUT2D eigenvalue weighted by atomic mass is 9.89. The minimum absolute atomic E-state index is 0.533. The van der Waals surface area contributed by atoms with Crippen LogP contribution in [0, 0.1) is 5.92 Å². The van der Waals surface area contributed by atoms with Gasteiger partial charge in [0.25, 0.3) is 0 Å². The fourth-order valence-corrected chi connectivity index (χ4v) is 3.06. The largest absolute Gasteiger partial charge is 0.314 e. The van der Waals surface area contributed by atoms with Crippen molar-refractivity contribution in [3.8, 4) is 0 Å². The molecule has 0 radical (unpaired) electrons. The minimum atomic E-state index is 0.533. The van der Waals surface area contributed by atoms with Crippen LogP contribution in [0.5, 0.6) is 0 Å². The van der Waals surface area contributed by atoms with Crippen molar-refractivity contribution in [2.75, 3.05) is 6.54 Å². The molecule has 1 fully saturated rings. The zero-order valence-corrected chi connectivity index (χ0v) is 12.0. The van der Waals surface area contributed by atoms with E-state index in [0.717, 1.165) is 17.4 Å². The van der Waals surface area contributed by atoms with Crippen molar-refractivity contribution in [2.45, 2.75) is 51.5 Å². The van der Waals surface area contributed by atoms with Gasteiger partial charge < -0.3 is 5.32 Å². The maximum Gasteiger partial charge on any atom is 0.0408 e. The fourth-order valence-electron chi connectivity index (χ4n) is 2.85. The van der Waals surface area contributed by atoms with Gasteiger partial charge >= 0.3 is 0 Å². The number of halogens is 1. The van der Waals surface area contributed by atoms with Crippen LogP contribution < -0.4 is 5.32 Å².